The van der Waals surface area contributed by atoms with E-state index in [1.807, 2.05) is 36.4 Å². The Labute approximate surface area is 215 Å². The number of halogens is 3. The van der Waals surface area contributed by atoms with Crippen LogP contribution in [0.5, 0.6) is 0 Å². The quantitative estimate of drug-likeness (QED) is 0.234. The number of thioether (sulfide) groups is 1. The number of carboxylic acid groups (broad SMARTS) is 1. The van der Waals surface area contributed by atoms with Crippen molar-refractivity contribution in [1.82, 2.24) is 5.16 Å². The molecule has 0 fully saturated rings. The molecule has 1 atom stereocenters. The van der Waals surface area contributed by atoms with Gasteiger partial charge in [0, 0.05) is 23.3 Å². The van der Waals surface area contributed by atoms with E-state index in [9.17, 15) is 23.1 Å². The molecule has 0 bridgehead atoms. The Bertz CT molecular complexity index is 1370. The molecule has 0 saturated heterocycles. The minimum Gasteiger partial charge on any atom is -0.481 e. The van der Waals surface area contributed by atoms with Crippen LogP contribution in [0.1, 0.15) is 27.9 Å². The van der Waals surface area contributed by atoms with Crippen LogP contribution in [-0.2, 0) is 29.6 Å². The molecule has 3 aromatic carbocycles. The van der Waals surface area contributed by atoms with Crippen molar-refractivity contribution < 1.29 is 32.7 Å². The third-order valence-electron chi connectivity index (χ3n) is 5.85. The molecule has 0 aliphatic rings. The zero-order valence-electron chi connectivity index (χ0n) is 19.8. The van der Waals surface area contributed by atoms with E-state index in [0.717, 1.165) is 51.7 Å². The lowest BCUT2D eigenvalue weighted by Crippen LogP contribution is -2.08. The zero-order chi connectivity index (χ0) is 26.6. The number of nitrogens with zero attached hydrogens (tertiary/aromatic N) is 1. The fourth-order valence-electron chi connectivity index (χ4n) is 3.92. The van der Waals surface area contributed by atoms with Gasteiger partial charge in [-0.2, -0.15) is 13.2 Å². The van der Waals surface area contributed by atoms with Gasteiger partial charge in [-0.15, -0.1) is 11.8 Å². The van der Waals surface area contributed by atoms with Crippen LogP contribution in [0, 0.1) is 6.92 Å². The van der Waals surface area contributed by atoms with Gasteiger partial charge in [-0.3, -0.25) is 4.79 Å². The standard InChI is InChI=1S/C28H24F3NO4S/c1-17-24(15-26(35)37-16-19-3-2-4-23(13-19)28(29,30)31)27(36-32-17)22-11-9-21(10-12-22)20-7-5-18(6-8-20)14-25(33)34/h2-13,26,35H,14-16H2,1H3,(H,33,34). The lowest BCUT2D eigenvalue weighted by molar-refractivity contribution is -0.138. The minimum atomic E-state index is -4.41. The molecule has 0 aliphatic carbocycles. The van der Waals surface area contributed by atoms with E-state index >= 15 is 0 Å². The second-order valence-corrected chi connectivity index (χ2v) is 9.75. The molecule has 0 spiro atoms. The first-order chi connectivity index (χ1) is 17.6. The second-order valence-electron chi connectivity index (χ2n) is 8.59. The van der Waals surface area contributed by atoms with E-state index < -0.39 is 23.1 Å². The summed E-state index contributed by atoms with van der Waals surface area (Å²) in [6.45, 7) is 1.78. The van der Waals surface area contributed by atoms with Crippen molar-refractivity contribution in [3.8, 4) is 22.5 Å². The molecule has 5 nitrogen and oxygen atoms in total. The number of aryl methyl sites for hydroxylation is 1. The summed E-state index contributed by atoms with van der Waals surface area (Å²) in [6, 6.07) is 20.0. The summed E-state index contributed by atoms with van der Waals surface area (Å²) < 4.78 is 44.4. The maximum Gasteiger partial charge on any atom is 0.416 e. The van der Waals surface area contributed by atoms with E-state index in [0.29, 0.717) is 17.0 Å². The van der Waals surface area contributed by atoms with Crippen LogP contribution in [0.25, 0.3) is 22.5 Å². The summed E-state index contributed by atoms with van der Waals surface area (Å²) in [7, 11) is 0. The van der Waals surface area contributed by atoms with Gasteiger partial charge < -0.3 is 14.7 Å². The van der Waals surface area contributed by atoms with Crippen molar-refractivity contribution in [3.63, 3.8) is 0 Å². The fourth-order valence-corrected chi connectivity index (χ4v) is 4.77. The average Bonchev–Trinajstić information content (AvgIpc) is 3.22. The molecule has 4 rings (SSSR count). The van der Waals surface area contributed by atoms with E-state index in [1.165, 1.54) is 6.07 Å². The summed E-state index contributed by atoms with van der Waals surface area (Å²) in [4.78, 5) is 10.9. The minimum absolute atomic E-state index is 0.0308. The molecule has 0 radical (unpaired) electrons. The lowest BCUT2D eigenvalue weighted by atomic mass is 9.99. The van der Waals surface area contributed by atoms with Crippen LogP contribution in [0.15, 0.2) is 77.3 Å². The SMILES string of the molecule is Cc1noc(-c2ccc(-c3ccc(CC(=O)O)cc3)cc2)c1CC(O)SCc1cccc(C(F)(F)F)c1. The molecule has 1 heterocycles. The number of aliphatic carboxylic acids is 1. The molecular formula is C28H24F3NO4S. The molecule has 2 N–H and O–H groups in total. The number of benzene rings is 3. The van der Waals surface area contributed by atoms with Gasteiger partial charge in [0.2, 0.25) is 0 Å². The zero-order valence-corrected chi connectivity index (χ0v) is 20.6. The highest BCUT2D eigenvalue weighted by molar-refractivity contribution is 7.98. The van der Waals surface area contributed by atoms with Crippen molar-refractivity contribution in [1.29, 1.82) is 0 Å². The highest BCUT2D eigenvalue weighted by Gasteiger charge is 2.30. The van der Waals surface area contributed by atoms with Crippen molar-refractivity contribution >= 4 is 17.7 Å². The number of aliphatic hydroxyl groups excluding tert-OH is 1. The maximum atomic E-state index is 13.0. The van der Waals surface area contributed by atoms with Gasteiger partial charge in [0.25, 0.3) is 0 Å². The first kappa shape index (κ1) is 26.5. The van der Waals surface area contributed by atoms with Gasteiger partial charge in [0.1, 0.15) is 5.44 Å². The van der Waals surface area contributed by atoms with Crippen molar-refractivity contribution in [2.45, 2.75) is 37.1 Å². The molecule has 37 heavy (non-hydrogen) atoms. The van der Waals surface area contributed by atoms with Gasteiger partial charge in [0.15, 0.2) is 5.76 Å². The molecule has 192 valence electrons. The molecule has 1 unspecified atom stereocenters. The molecule has 4 aromatic rings. The Kier molecular flexibility index (Phi) is 8.04. The van der Waals surface area contributed by atoms with Crippen molar-refractivity contribution in [3.05, 3.63) is 101 Å². The lowest BCUT2D eigenvalue weighted by Gasteiger charge is -2.12. The monoisotopic (exact) mass is 527 g/mol. The number of alkyl halides is 3. The van der Waals surface area contributed by atoms with E-state index in [-0.39, 0.29) is 18.6 Å². The van der Waals surface area contributed by atoms with Gasteiger partial charge in [-0.1, -0.05) is 71.9 Å². The first-order valence-corrected chi connectivity index (χ1v) is 12.5. The molecule has 0 amide bonds. The van der Waals surface area contributed by atoms with Crippen molar-refractivity contribution in [2.24, 2.45) is 0 Å². The Morgan fingerprint density at radius 1 is 0.973 bits per heavy atom. The summed E-state index contributed by atoms with van der Waals surface area (Å²) in [5, 5.41) is 23.6. The number of rotatable bonds is 9. The molecule has 9 heteroatoms. The number of aromatic nitrogens is 1. The van der Waals surface area contributed by atoms with Crippen LogP contribution < -0.4 is 0 Å². The van der Waals surface area contributed by atoms with Gasteiger partial charge in [-0.25, -0.2) is 0 Å². The highest BCUT2D eigenvalue weighted by atomic mass is 32.2. The van der Waals surface area contributed by atoms with Gasteiger partial charge in [0.05, 0.1) is 17.7 Å². The smallest absolute Gasteiger partial charge is 0.416 e. The van der Waals surface area contributed by atoms with E-state index in [1.54, 1.807) is 25.1 Å². The van der Waals surface area contributed by atoms with Gasteiger partial charge in [-0.05, 0) is 35.2 Å². The molecular weight excluding hydrogens is 503 g/mol. The summed E-state index contributed by atoms with van der Waals surface area (Å²) in [6.07, 6.45) is -4.22. The first-order valence-electron chi connectivity index (χ1n) is 11.4. The van der Waals surface area contributed by atoms with E-state index in [2.05, 4.69) is 5.16 Å². The number of hydrogen-bond donors (Lipinski definition) is 2. The third-order valence-corrected chi connectivity index (χ3v) is 6.90. The summed E-state index contributed by atoms with van der Waals surface area (Å²) >= 11 is 1.15. The molecule has 0 aliphatic heterocycles. The maximum absolute atomic E-state index is 13.0. The predicted molar refractivity (Wildman–Crippen MR) is 136 cm³/mol. The summed E-state index contributed by atoms with van der Waals surface area (Å²) in [5.74, 6) is -0.126. The van der Waals surface area contributed by atoms with Crippen LogP contribution in [-0.4, -0.2) is 26.8 Å². The van der Waals surface area contributed by atoms with Gasteiger partial charge >= 0.3 is 12.1 Å². The van der Waals surface area contributed by atoms with Crippen LogP contribution in [0.2, 0.25) is 0 Å². The van der Waals surface area contributed by atoms with Crippen LogP contribution >= 0.6 is 11.8 Å². The molecule has 1 aromatic heterocycles. The van der Waals surface area contributed by atoms with E-state index in [4.69, 9.17) is 9.63 Å². The largest absolute Gasteiger partial charge is 0.481 e. The van der Waals surface area contributed by atoms with Crippen LogP contribution in [0.3, 0.4) is 0 Å². The fraction of sp³-hybridized carbons (Fsp3) is 0.214. The Balaban J connectivity index is 1.43. The van der Waals surface area contributed by atoms with Crippen molar-refractivity contribution in [2.75, 3.05) is 0 Å². The Hall–Kier alpha value is -3.56. The topological polar surface area (TPSA) is 83.6 Å². The number of carbonyl (C=O) groups is 1. The number of aliphatic hydroxyl groups is 1. The third kappa shape index (κ3) is 6.81. The number of carboxylic acids is 1. The highest BCUT2D eigenvalue weighted by Crippen LogP contribution is 2.33. The predicted octanol–water partition coefficient (Wildman–Crippen LogP) is 6.76. The Morgan fingerprint density at radius 3 is 2.22 bits per heavy atom. The number of hydrogen-bond acceptors (Lipinski definition) is 5. The Morgan fingerprint density at radius 2 is 1.59 bits per heavy atom. The molecule has 0 saturated carbocycles. The second kappa shape index (κ2) is 11.2. The van der Waals surface area contributed by atoms with Crippen LogP contribution in [0.4, 0.5) is 13.2 Å². The normalized spacial score (nSPS) is 12.5. The average molecular weight is 528 g/mol. The summed E-state index contributed by atoms with van der Waals surface area (Å²) in [5.41, 5.74) is 3.65.